The van der Waals surface area contributed by atoms with Crippen molar-refractivity contribution in [1.29, 1.82) is 0 Å². The molecular weight excluding hydrogens is 250 g/mol. The van der Waals surface area contributed by atoms with E-state index in [-0.39, 0.29) is 0 Å². The van der Waals surface area contributed by atoms with Crippen LogP contribution < -0.4 is 15.4 Å². The average molecular weight is 269 g/mol. The van der Waals surface area contributed by atoms with Crippen LogP contribution >= 0.6 is 0 Å². The second-order valence-corrected chi connectivity index (χ2v) is 5.10. The van der Waals surface area contributed by atoms with Gasteiger partial charge in [0.2, 0.25) is 5.88 Å². The van der Waals surface area contributed by atoms with E-state index >= 15 is 0 Å². The Labute approximate surface area is 119 Å². The normalized spacial score (nSPS) is 14.1. The molecule has 104 valence electrons. The highest BCUT2D eigenvalue weighted by Crippen LogP contribution is 2.33. The summed E-state index contributed by atoms with van der Waals surface area (Å²) >= 11 is 0. The van der Waals surface area contributed by atoms with Gasteiger partial charge >= 0.3 is 0 Å². The van der Waals surface area contributed by atoms with Gasteiger partial charge in [-0.3, -0.25) is 0 Å². The number of rotatable bonds is 5. The minimum absolute atomic E-state index is 0.564. The van der Waals surface area contributed by atoms with Gasteiger partial charge < -0.3 is 15.4 Å². The number of methoxy groups -OCH3 is 1. The van der Waals surface area contributed by atoms with Gasteiger partial charge in [0.15, 0.2) is 0 Å². The lowest BCUT2D eigenvalue weighted by molar-refractivity contribution is 0.397. The summed E-state index contributed by atoms with van der Waals surface area (Å²) in [4.78, 5) is 6.86. The van der Waals surface area contributed by atoms with Crippen molar-refractivity contribution >= 4 is 11.5 Å². The highest BCUT2D eigenvalue weighted by Gasteiger charge is 2.30. The largest absolute Gasteiger partial charge is 0.481 e. The number of para-hydroxylation sites is 1. The fourth-order valence-electron chi connectivity index (χ4n) is 2.32. The summed E-state index contributed by atoms with van der Waals surface area (Å²) in [5.41, 5.74) is 8.03. The van der Waals surface area contributed by atoms with E-state index in [0.29, 0.717) is 11.9 Å². The van der Waals surface area contributed by atoms with Gasteiger partial charge in [-0.2, -0.15) is 4.98 Å². The summed E-state index contributed by atoms with van der Waals surface area (Å²) in [6.07, 6.45) is 2.43. The van der Waals surface area contributed by atoms with Crippen molar-refractivity contribution in [3.05, 3.63) is 48.0 Å². The van der Waals surface area contributed by atoms with Crippen LogP contribution in [0.1, 0.15) is 18.4 Å². The monoisotopic (exact) mass is 269 g/mol. The standard InChI is InChI=1S/C16H19N3O/c1-20-16-8-4-7-15(18-16)19(13-9-10-13)11-12-5-2-3-6-14(12)17/h2-8,13H,9-11,17H2,1H3. The van der Waals surface area contributed by atoms with Gasteiger partial charge in [-0.15, -0.1) is 0 Å². The number of benzene rings is 1. The summed E-state index contributed by atoms with van der Waals surface area (Å²) < 4.78 is 5.22. The van der Waals surface area contributed by atoms with Gasteiger partial charge in [0.05, 0.1) is 7.11 Å². The van der Waals surface area contributed by atoms with E-state index in [1.807, 2.05) is 36.4 Å². The number of nitrogen functional groups attached to an aromatic ring is 1. The molecular formula is C16H19N3O. The molecule has 0 spiro atoms. The first kappa shape index (κ1) is 12.8. The lowest BCUT2D eigenvalue weighted by atomic mass is 10.1. The molecule has 0 amide bonds. The highest BCUT2D eigenvalue weighted by atomic mass is 16.5. The zero-order valence-corrected chi connectivity index (χ0v) is 11.6. The molecule has 1 aliphatic carbocycles. The third-order valence-electron chi connectivity index (χ3n) is 3.60. The summed E-state index contributed by atoms with van der Waals surface area (Å²) in [5, 5.41) is 0. The van der Waals surface area contributed by atoms with E-state index in [1.54, 1.807) is 7.11 Å². The molecule has 1 saturated carbocycles. The van der Waals surface area contributed by atoms with Crippen LogP contribution in [-0.2, 0) is 6.54 Å². The molecule has 0 saturated heterocycles. The summed E-state index contributed by atoms with van der Waals surface area (Å²) in [6.45, 7) is 0.789. The summed E-state index contributed by atoms with van der Waals surface area (Å²) in [7, 11) is 1.64. The molecule has 0 aliphatic heterocycles. The van der Waals surface area contributed by atoms with E-state index in [4.69, 9.17) is 10.5 Å². The van der Waals surface area contributed by atoms with Crippen LogP contribution in [0.25, 0.3) is 0 Å². The Bertz CT molecular complexity index is 596. The Morgan fingerprint density at radius 2 is 2.00 bits per heavy atom. The first-order valence-electron chi connectivity index (χ1n) is 6.89. The van der Waals surface area contributed by atoms with Crippen LogP contribution in [0.4, 0.5) is 11.5 Å². The number of nitrogens with two attached hydrogens (primary N) is 1. The first-order valence-corrected chi connectivity index (χ1v) is 6.89. The van der Waals surface area contributed by atoms with Crippen molar-refractivity contribution < 1.29 is 4.74 Å². The first-order chi connectivity index (χ1) is 9.78. The Balaban J connectivity index is 1.87. The Morgan fingerprint density at radius 1 is 1.20 bits per heavy atom. The van der Waals surface area contributed by atoms with Crippen LogP contribution in [-0.4, -0.2) is 18.1 Å². The van der Waals surface area contributed by atoms with Crippen molar-refractivity contribution in [3.8, 4) is 5.88 Å². The zero-order chi connectivity index (χ0) is 13.9. The van der Waals surface area contributed by atoms with E-state index in [2.05, 4.69) is 16.0 Å². The average Bonchev–Trinajstić information content (AvgIpc) is 3.31. The molecule has 1 heterocycles. The number of hydrogen-bond donors (Lipinski definition) is 1. The third-order valence-corrected chi connectivity index (χ3v) is 3.60. The van der Waals surface area contributed by atoms with E-state index in [9.17, 15) is 0 Å². The second kappa shape index (κ2) is 5.41. The molecule has 4 nitrogen and oxygen atoms in total. The third kappa shape index (κ3) is 2.69. The highest BCUT2D eigenvalue weighted by molar-refractivity contribution is 5.51. The van der Waals surface area contributed by atoms with Crippen LogP contribution in [0, 0.1) is 0 Å². The molecule has 1 aromatic carbocycles. The van der Waals surface area contributed by atoms with Crippen molar-refractivity contribution in [2.45, 2.75) is 25.4 Å². The lowest BCUT2D eigenvalue weighted by Gasteiger charge is -2.24. The van der Waals surface area contributed by atoms with Crippen molar-refractivity contribution in [2.75, 3.05) is 17.7 Å². The quantitative estimate of drug-likeness (QED) is 0.848. The van der Waals surface area contributed by atoms with Gasteiger partial charge in [0.1, 0.15) is 5.82 Å². The number of anilines is 2. The van der Waals surface area contributed by atoms with Crippen molar-refractivity contribution in [2.24, 2.45) is 0 Å². The molecule has 20 heavy (non-hydrogen) atoms. The smallest absolute Gasteiger partial charge is 0.214 e. The number of pyridine rings is 1. The van der Waals surface area contributed by atoms with Crippen molar-refractivity contribution in [3.63, 3.8) is 0 Å². The molecule has 3 rings (SSSR count). The predicted molar refractivity (Wildman–Crippen MR) is 80.8 cm³/mol. The van der Waals surface area contributed by atoms with Crippen LogP contribution in [0.5, 0.6) is 5.88 Å². The van der Waals surface area contributed by atoms with Crippen LogP contribution in [0.3, 0.4) is 0 Å². The lowest BCUT2D eigenvalue weighted by Crippen LogP contribution is -2.26. The molecule has 0 unspecified atom stereocenters. The SMILES string of the molecule is COc1cccc(N(Cc2ccccc2N)C2CC2)n1. The molecule has 2 aromatic rings. The van der Waals surface area contributed by atoms with Gasteiger partial charge in [0, 0.05) is 24.3 Å². The predicted octanol–water partition coefficient (Wildman–Crippen LogP) is 2.84. The zero-order valence-electron chi connectivity index (χ0n) is 11.6. The van der Waals surface area contributed by atoms with Crippen molar-refractivity contribution in [1.82, 2.24) is 4.98 Å². The topological polar surface area (TPSA) is 51.4 Å². The van der Waals surface area contributed by atoms with Crippen LogP contribution in [0.2, 0.25) is 0 Å². The number of hydrogen-bond acceptors (Lipinski definition) is 4. The number of ether oxygens (including phenoxy) is 1. The molecule has 1 aliphatic rings. The molecule has 1 fully saturated rings. The molecule has 0 radical (unpaired) electrons. The maximum absolute atomic E-state index is 6.05. The van der Waals surface area contributed by atoms with Gasteiger partial charge in [-0.25, -0.2) is 0 Å². The second-order valence-electron chi connectivity index (χ2n) is 5.10. The molecule has 0 bridgehead atoms. The van der Waals surface area contributed by atoms with E-state index in [1.165, 1.54) is 12.8 Å². The number of aromatic nitrogens is 1. The fraction of sp³-hybridized carbons (Fsp3) is 0.312. The van der Waals surface area contributed by atoms with E-state index in [0.717, 1.165) is 23.6 Å². The maximum Gasteiger partial charge on any atom is 0.214 e. The maximum atomic E-state index is 6.05. The van der Waals surface area contributed by atoms with Gasteiger partial charge in [0.25, 0.3) is 0 Å². The Morgan fingerprint density at radius 3 is 2.70 bits per heavy atom. The summed E-state index contributed by atoms with van der Waals surface area (Å²) in [5.74, 6) is 1.60. The molecule has 4 heteroatoms. The number of nitrogens with zero attached hydrogens (tertiary/aromatic N) is 2. The minimum Gasteiger partial charge on any atom is -0.481 e. The molecule has 2 N–H and O–H groups in total. The van der Waals surface area contributed by atoms with Gasteiger partial charge in [-0.05, 0) is 30.5 Å². The van der Waals surface area contributed by atoms with E-state index < -0.39 is 0 Å². The Hall–Kier alpha value is -2.23. The molecule has 1 aromatic heterocycles. The summed E-state index contributed by atoms with van der Waals surface area (Å²) in [6, 6.07) is 14.4. The van der Waals surface area contributed by atoms with Crippen LogP contribution in [0.15, 0.2) is 42.5 Å². The molecule has 0 atom stereocenters. The van der Waals surface area contributed by atoms with Gasteiger partial charge in [-0.1, -0.05) is 24.3 Å². The fourth-order valence-corrected chi connectivity index (χ4v) is 2.32. The minimum atomic E-state index is 0.564. The Kier molecular flexibility index (Phi) is 3.46.